The van der Waals surface area contributed by atoms with Gasteiger partial charge < -0.3 is 4.90 Å². The molecule has 0 radical (unpaired) electrons. The smallest absolute Gasteiger partial charge is 0.150 e. The van der Waals surface area contributed by atoms with Gasteiger partial charge in [0.05, 0.1) is 11.6 Å². The van der Waals surface area contributed by atoms with Crippen molar-refractivity contribution in [1.82, 2.24) is 4.98 Å². The zero-order valence-corrected chi connectivity index (χ0v) is 9.95. The number of nitrogens with zero attached hydrogens (tertiary/aromatic N) is 3. The summed E-state index contributed by atoms with van der Waals surface area (Å²) in [5.74, 6) is -0.453. The highest BCUT2D eigenvalue weighted by atomic mass is 19.1. The number of anilines is 1. The number of aromatic nitrogens is 1. The molecule has 17 heavy (non-hydrogen) atoms. The first kappa shape index (κ1) is 11.3. The monoisotopic (exact) mass is 229 g/mol. The van der Waals surface area contributed by atoms with E-state index in [1.807, 2.05) is 38.1 Å². The molecule has 4 heteroatoms. The predicted octanol–water partition coefficient (Wildman–Crippen LogP) is 2.62. The predicted molar refractivity (Wildman–Crippen MR) is 65.5 cm³/mol. The minimum Gasteiger partial charge on any atom is -0.377 e. The van der Waals surface area contributed by atoms with Crippen molar-refractivity contribution in [3.8, 4) is 6.07 Å². The Morgan fingerprint density at radius 3 is 2.59 bits per heavy atom. The molecule has 2 aromatic rings. The van der Waals surface area contributed by atoms with Gasteiger partial charge in [0.15, 0.2) is 5.82 Å². The number of hydrogen-bond donors (Lipinski definition) is 0. The van der Waals surface area contributed by atoms with E-state index in [4.69, 9.17) is 5.26 Å². The molecule has 0 N–H and O–H groups in total. The van der Waals surface area contributed by atoms with Crippen LogP contribution in [-0.4, -0.2) is 19.1 Å². The van der Waals surface area contributed by atoms with Crippen LogP contribution in [0.25, 0.3) is 10.9 Å². The first-order valence-corrected chi connectivity index (χ1v) is 5.21. The van der Waals surface area contributed by atoms with Crippen molar-refractivity contribution in [3.05, 3.63) is 35.3 Å². The maximum atomic E-state index is 13.8. The van der Waals surface area contributed by atoms with Crippen LogP contribution in [0.1, 0.15) is 11.3 Å². The number of nitriles is 1. The zero-order chi connectivity index (χ0) is 12.6. The summed E-state index contributed by atoms with van der Waals surface area (Å²) in [6.07, 6.45) is 0. The van der Waals surface area contributed by atoms with E-state index in [1.165, 1.54) is 6.07 Å². The van der Waals surface area contributed by atoms with E-state index in [9.17, 15) is 4.39 Å². The lowest BCUT2D eigenvalue weighted by Gasteiger charge is -2.16. The molecular formula is C13H12FN3. The number of fused-ring (bicyclic) bond motifs is 1. The second-order valence-electron chi connectivity index (χ2n) is 4.14. The number of halogens is 1. The molecule has 0 spiro atoms. The molecule has 2 rings (SSSR count). The van der Waals surface area contributed by atoms with E-state index in [0.717, 1.165) is 11.4 Å². The van der Waals surface area contributed by atoms with Gasteiger partial charge >= 0.3 is 0 Å². The lowest BCUT2D eigenvalue weighted by atomic mass is 10.1. The third-order valence-corrected chi connectivity index (χ3v) is 2.58. The fourth-order valence-corrected chi connectivity index (χ4v) is 1.83. The molecule has 0 aliphatic carbocycles. The number of benzene rings is 1. The van der Waals surface area contributed by atoms with E-state index in [1.54, 1.807) is 6.07 Å². The fourth-order valence-electron chi connectivity index (χ4n) is 1.83. The summed E-state index contributed by atoms with van der Waals surface area (Å²) in [7, 11) is 3.76. The Kier molecular flexibility index (Phi) is 2.68. The maximum absolute atomic E-state index is 13.8. The Labute approximate surface area is 99.1 Å². The number of hydrogen-bond acceptors (Lipinski definition) is 3. The van der Waals surface area contributed by atoms with Crippen molar-refractivity contribution in [2.75, 3.05) is 19.0 Å². The molecule has 0 fully saturated rings. The molecule has 3 nitrogen and oxygen atoms in total. The average molecular weight is 229 g/mol. The van der Waals surface area contributed by atoms with Crippen molar-refractivity contribution in [3.63, 3.8) is 0 Å². The highest BCUT2D eigenvalue weighted by molar-refractivity contribution is 5.93. The van der Waals surface area contributed by atoms with Crippen molar-refractivity contribution >= 4 is 16.6 Å². The molecular weight excluding hydrogens is 217 g/mol. The Hall–Kier alpha value is -2.15. The van der Waals surface area contributed by atoms with Gasteiger partial charge in [-0.3, -0.25) is 0 Å². The molecule has 0 aliphatic rings. The topological polar surface area (TPSA) is 39.9 Å². The molecule has 0 aliphatic heterocycles. The number of rotatable bonds is 1. The van der Waals surface area contributed by atoms with Crippen LogP contribution in [0.5, 0.6) is 0 Å². The van der Waals surface area contributed by atoms with E-state index >= 15 is 0 Å². The van der Waals surface area contributed by atoms with Gasteiger partial charge in [-0.05, 0) is 25.1 Å². The van der Waals surface area contributed by atoms with E-state index in [0.29, 0.717) is 16.5 Å². The molecule has 1 heterocycles. The molecule has 1 aromatic carbocycles. The summed E-state index contributed by atoms with van der Waals surface area (Å²) in [6.45, 7) is 1.82. The molecule has 0 saturated heterocycles. The summed E-state index contributed by atoms with van der Waals surface area (Å²) < 4.78 is 13.8. The van der Waals surface area contributed by atoms with Crippen LogP contribution in [0, 0.1) is 24.1 Å². The molecule has 86 valence electrons. The third-order valence-electron chi connectivity index (χ3n) is 2.58. The lowest BCUT2D eigenvalue weighted by Crippen LogP contribution is -2.10. The first-order chi connectivity index (χ1) is 8.02. The van der Waals surface area contributed by atoms with Crippen LogP contribution in [0.15, 0.2) is 18.2 Å². The zero-order valence-electron chi connectivity index (χ0n) is 9.95. The van der Waals surface area contributed by atoms with Gasteiger partial charge in [-0.2, -0.15) is 5.26 Å². The summed E-state index contributed by atoms with van der Waals surface area (Å²) in [4.78, 5) is 6.07. The van der Waals surface area contributed by atoms with Gasteiger partial charge in [0.1, 0.15) is 5.52 Å². The van der Waals surface area contributed by atoms with Gasteiger partial charge in [0.25, 0.3) is 0 Å². The van der Waals surface area contributed by atoms with Gasteiger partial charge in [-0.1, -0.05) is 0 Å². The van der Waals surface area contributed by atoms with Gasteiger partial charge in [-0.25, -0.2) is 9.37 Å². The van der Waals surface area contributed by atoms with Crippen LogP contribution in [0.4, 0.5) is 10.1 Å². The largest absolute Gasteiger partial charge is 0.377 e. The molecule has 0 saturated carbocycles. The Bertz CT molecular complexity index is 627. The van der Waals surface area contributed by atoms with Crippen molar-refractivity contribution < 1.29 is 4.39 Å². The third kappa shape index (κ3) is 1.92. The van der Waals surface area contributed by atoms with Crippen molar-refractivity contribution in [2.24, 2.45) is 0 Å². The maximum Gasteiger partial charge on any atom is 0.150 e. The van der Waals surface area contributed by atoms with Crippen LogP contribution in [0.2, 0.25) is 0 Å². The Morgan fingerprint density at radius 2 is 2.00 bits per heavy atom. The minimum atomic E-state index is -0.453. The van der Waals surface area contributed by atoms with Gasteiger partial charge in [0.2, 0.25) is 0 Å². The quantitative estimate of drug-likeness (QED) is 0.754. The standard InChI is InChI=1S/C13H12FN3/c1-8-4-12(17(2)3)10-5-9(7-15)6-11(14)13(10)16-8/h4-6H,1-3H3. The second kappa shape index (κ2) is 4.02. The van der Waals surface area contributed by atoms with E-state index in [-0.39, 0.29) is 0 Å². The second-order valence-corrected chi connectivity index (χ2v) is 4.14. The summed E-state index contributed by atoms with van der Waals surface area (Å²) >= 11 is 0. The van der Waals surface area contributed by atoms with Crippen LogP contribution in [-0.2, 0) is 0 Å². The van der Waals surface area contributed by atoms with Gasteiger partial charge in [0, 0.05) is 30.9 Å². The SMILES string of the molecule is Cc1cc(N(C)C)c2cc(C#N)cc(F)c2n1. The average Bonchev–Trinajstić information content (AvgIpc) is 2.28. The fraction of sp³-hybridized carbons (Fsp3) is 0.231. The molecule has 0 amide bonds. The number of pyridine rings is 1. The van der Waals surface area contributed by atoms with Crippen LogP contribution >= 0.6 is 0 Å². The summed E-state index contributed by atoms with van der Waals surface area (Å²) in [5.41, 5.74) is 2.24. The number of aryl methyl sites for hydroxylation is 1. The molecule has 0 atom stereocenters. The Balaban J connectivity index is 2.91. The highest BCUT2D eigenvalue weighted by Crippen LogP contribution is 2.28. The Morgan fingerprint density at radius 1 is 1.29 bits per heavy atom. The summed E-state index contributed by atoms with van der Waals surface area (Å²) in [5, 5.41) is 9.52. The summed E-state index contributed by atoms with van der Waals surface area (Å²) in [6, 6.07) is 6.72. The molecule has 0 unspecified atom stereocenters. The first-order valence-electron chi connectivity index (χ1n) is 5.21. The molecule has 1 aromatic heterocycles. The van der Waals surface area contributed by atoms with Crippen LogP contribution in [0.3, 0.4) is 0 Å². The van der Waals surface area contributed by atoms with Crippen molar-refractivity contribution in [1.29, 1.82) is 5.26 Å². The van der Waals surface area contributed by atoms with Crippen molar-refractivity contribution in [2.45, 2.75) is 6.92 Å². The normalized spacial score (nSPS) is 10.3. The minimum absolute atomic E-state index is 0.309. The highest BCUT2D eigenvalue weighted by Gasteiger charge is 2.11. The molecule has 0 bridgehead atoms. The lowest BCUT2D eigenvalue weighted by molar-refractivity contribution is 0.636. The van der Waals surface area contributed by atoms with E-state index in [2.05, 4.69) is 4.98 Å². The van der Waals surface area contributed by atoms with Gasteiger partial charge in [-0.15, -0.1) is 0 Å². The van der Waals surface area contributed by atoms with Crippen LogP contribution < -0.4 is 4.90 Å². The van der Waals surface area contributed by atoms with E-state index < -0.39 is 5.82 Å².